The van der Waals surface area contributed by atoms with Crippen LogP contribution in [0.5, 0.6) is 11.5 Å². The Morgan fingerprint density at radius 3 is 2.05 bits per heavy atom. The predicted molar refractivity (Wildman–Crippen MR) is 173 cm³/mol. The number of nitrogens with zero attached hydrogens (tertiary/aromatic N) is 2. The molecule has 230 valence electrons. The molecule has 0 unspecified atom stereocenters. The lowest BCUT2D eigenvalue weighted by Crippen LogP contribution is -2.51. The predicted octanol–water partition coefficient (Wildman–Crippen LogP) is 6.32. The van der Waals surface area contributed by atoms with E-state index in [0.29, 0.717) is 23.7 Å². The van der Waals surface area contributed by atoms with Crippen molar-refractivity contribution in [3.05, 3.63) is 120 Å². The third kappa shape index (κ3) is 8.26. The molecule has 4 rings (SSSR count). The van der Waals surface area contributed by atoms with E-state index in [1.54, 1.807) is 49.4 Å². The first-order chi connectivity index (χ1) is 21.2. The van der Waals surface area contributed by atoms with Gasteiger partial charge in [0, 0.05) is 13.1 Å². The van der Waals surface area contributed by atoms with Crippen molar-refractivity contribution in [1.29, 1.82) is 0 Å². The molecule has 44 heavy (non-hydrogen) atoms. The summed E-state index contributed by atoms with van der Waals surface area (Å²) in [7, 11) is -4.15. The maximum Gasteiger partial charge on any atom is 0.264 e. The summed E-state index contributed by atoms with van der Waals surface area (Å²) in [6, 6.07) is 30.6. The highest BCUT2D eigenvalue weighted by Gasteiger charge is 2.32. The normalized spacial score (nSPS) is 11.8. The summed E-state index contributed by atoms with van der Waals surface area (Å²) in [4.78, 5) is 28.8. The molecule has 0 aromatic heterocycles. The zero-order valence-electron chi connectivity index (χ0n) is 25.3. The molecule has 0 fully saturated rings. The van der Waals surface area contributed by atoms with Gasteiger partial charge < -0.3 is 15.0 Å². The molecule has 0 saturated heterocycles. The highest BCUT2D eigenvalue weighted by molar-refractivity contribution is 7.92. The molecule has 0 aliphatic carbocycles. The number of unbranched alkanes of at least 4 members (excludes halogenated alkanes) is 1. The number of carbonyl (C=O) groups excluding carboxylic acids is 2. The summed E-state index contributed by atoms with van der Waals surface area (Å²) >= 11 is 0. The molecular weight excluding hydrogens is 574 g/mol. The number of benzene rings is 4. The molecule has 0 saturated carbocycles. The minimum absolute atomic E-state index is 0.0493. The molecule has 0 aliphatic heterocycles. The molecule has 0 spiro atoms. The van der Waals surface area contributed by atoms with Gasteiger partial charge in [0.15, 0.2) is 0 Å². The summed E-state index contributed by atoms with van der Waals surface area (Å²) in [5.74, 6) is 0.361. The number of carbonyl (C=O) groups is 2. The van der Waals surface area contributed by atoms with Crippen LogP contribution in [0.1, 0.15) is 37.8 Å². The van der Waals surface area contributed by atoms with E-state index in [-0.39, 0.29) is 17.3 Å². The molecule has 0 aliphatic rings. The van der Waals surface area contributed by atoms with Crippen molar-refractivity contribution in [2.75, 3.05) is 17.4 Å². The van der Waals surface area contributed by atoms with Gasteiger partial charge in [0.25, 0.3) is 10.0 Å². The van der Waals surface area contributed by atoms with Gasteiger partial charge in [-0.2, -0.15) is 0 Å². The first-order valence-corrected chi connectivity index (χ1v) is 16.2. The maximum atomic E-state index is 14.1. The second-order valence-electron chi connectivity index (χ2n) is 10.5. The third-order valence-corrected chi connectivity index (χ3v) is 9.10. The molecule has 4 aromatic carbocycles. The highest BCUT2D eigenvalue weighted by atomic mass is 32.2. The lowest BCUT2D eigenvalue weighted by atomic mass is 10.1. The molecule has 1 atom stereocenters. The molecule has 9 heteroatoms. The first-order valence-electron chi connectivity index (χ1n) is 14.7. The van der Waals surface area contributed by atoms with E-state index in [4.69, 9.17) is 4.74 Å². The molecular formula is C35H39N3O5S. The second-order valence-corrected chi connectivity index (χ2v) is 12.4. The molecule has 2 amide bonds. The maximum absolute atomic E-state index is 14.1. The van der Waals surface area contributed by atoms with Crippen molar-refractivity contribution >= 4 is 27.5 Å². The van der Waals surface area contributed by atoms with E-state index >= 15 is 0 Å². The van der Waals surface area contributed by atoms with Crippen LogP contribution in [0.4, 0.5) is 5.69 Å². The van der Waals surface area contributed by atoms with Crippen LogP contribution in [-0.4, -0.2) is 44.3 Å². The van der Waals surface area contributed by atoms with Gasteiger partial charge in [-0.05, 0) is 79.9 Å². The van der Waals surface area contributed by atoms with Crippen LogP contribution in [0.2, 0.25) is 0 Å². The van der Waals surface area contributed by atoms with Crippen LogP contribution in [0, 0.1) is 6.92 Å². The zero-order valence-corrected chi connectivity index (χ0v) is 26.2. The van der Waals surface area contributed by atoms with Crippen molar-refractivity contribution in [2.45, 2.75) is 51.1 Å². The lowest BCUT2D eigenvalue weighted by Gasteiger charge is -2.32. The lowest BCUT2D eigenvalue weighted by molar-refractivity contribution is -0.139. The summed E-state index contributed by atoms with van der Waals surface area (Å²) < 4.78 is 35.0. The van der Waals surface area contributed by atoms with Gasteiger partial charge in [0.2, 0.25) is 11.8 Å². The summed E-state index contributed by atoms with van der Waals surface area (Å²) in [6.45, 7) is 5.79. The van der Waals surface area contributed by atoms with E-state index < -0.39 is 28.5 Å². The number of amides is 2. The number of para-hydroxylation sites is 1. The monoisotopic (exact) mass is 613 g/mol. The molecule has 0 heterocycles. The average molecular weight is 614 g/mol. The first kappa shape index (κ1) is 32.3. The largest absolute Gasteiger partial charge is 0.457 e. The van der Waals surface area contributed by atoms with E-state index in [1.165, 1.54) is 17.0 Å². The quantitative estimate of drug-likeness (QED) is 0.168. The number of aryl methyl sites for hydroxylation is 1. The van der Waals surface area contributed by atoms with E-state index in [2.05, 4.69) is 5.32 Å². The molecule has 8 nitrogen and oxygen atoms in total. The number of sulfonamides is 1. The Balaban J connectivity index is 1.68. The SMILES string of the molecule is CCCCNC(=O)[C@H](C)N(Cc1ccccc1C)C(=O)CN(c1ccc(Oc2ccccc2)cc1)S(=O)(=O)c1ccccc1. The van der Waals surface area contributed by atoms with Crippen molar-refractivity contribution in [1.82, 2.24) is 10.2 Å². The molecule has 4 aromatic rings. The van der Waals surface area contributed by atoms with Crippen LogP contribution >= 0.6 is 0 Å². The van der Waals surface area contributed by atoms with Crippen LogP contribution in [0.15, 0.2) is 114 Å². The highest BCUT2D eigenvalue weighted by Crippen LogP contribution is 2.28. The fourth-order valence-electron chi connectivity index (χ4n) is 4.64. The summed E-state index contributed by atoms with van der Waals surface area (Å²) in [5.41, 5.74) is 2.12. The van der Waals surface area contributed by atoms with E-state index in [9.17, 15) is 18.0 Å². The van der Waals surface area contributed by atoms with Crippen molar-refractivity contribution < 1.29 is 22.7 Å². The van der Waals surface area contributed by atoms with Crippen LogP contribution in [0.25, 0.3) is 0 Å². The Hall–Kier alpha value is -4.63. The van der Waals surface area contributed by atoms with Crippen LogP contribution < -0.4 is 14.4 Å². The van der Waals surface area contributed by atoms with Crippen molar-refractivity contribution in [2.24, 2.45) is 0 Å². The zero-order chi connectivity index (χ0) is 31.5. The Kier molecular flexibility index (Phi) is 11.2. The van der Waals surface area contributed by atoms with E-state index in [1.807, 2.05) is 68.4 Å². The van der Waals surface area contributed by atoms with Gasteiger partial charge in [-0.15, -0.1) is 0 Å². The minimum Gasteiger partial charge on any atom is -0.457 e. The van der Waals surface area contributed by atoms with Gasteiger partial charge >= 0.3 is 0 Å². The smallest absolute Gasteiger partial charge is 0.264 e. The van der Waals surface area contributed by atoms with Gasteiger partial charge in [-0.3, -0.25) is 13.9 Å². The molecule has 0 radical (unpaired) electrons. The van der Waals surface area contributed by atoms with Crippen molar-refractivity contribution in [3.63, 3.8) is 0 Å². The van der Waals surface area contributed by atoms with Gasteiger partial charge in [0.05, 0.1) is 10.6 Å². The van der Waals surface area contributed by atoms with E-state index in [0.717, 1.165) is 28.3 Å². The second kappa shape index (κ2) is 15.2. The number of rotatable bonds is 14. The fourth-order valence-corrected chi connectivity index (χ4v) is 6.08. The van der Waals surface area contributed by atoms with Gasteiger partial charge in [0.1, 0.15) is 24.1 Å². The average Bonchev–Trinajstić information content (AvgIpc) is 3.04. The number of nitrogens with one attached hydrogen (secondary N) is 1. The Bertz CT molecular complexity index is 1630. The van der Waals surface area contributed by atoms with Crippen LogP contribution in [0.3, 0.4) is 0 Å². The molecule has 1 N–H and O–H groups in total. The number of anilines is 1. The molecule has 0 bridgehead atoms. The Labute approximate surface area is 260 Å². The fraction of sp³-hybridized carbons (Fsp3) is 0.257. The Morgan fingerprint density at radius 2 is 1.41 bits per heavy atom. The summed E-state index contributed by atoms with van der Waals surface area (Å²) in [5, 5.41) is 2.91. The minimum atomic E-state index is -4.15. The van der Waals surface area contributed by atoms with Gasteiger partial charge in [-0.1, -0.05) is 74.0 Å². The van der Waals surface area contributed by atoms with Gasteiger partial charge in [-0.25, -0.2) is 8.42 Å². The number of hydrogen-bond donors (Lipinski definition) is 1. The number of ether oxygens (including phenoxy) is 1. The van der Waals surface area contributed by atoms with Crippen LogP contribution in [-0.2, 0) is 26.2 Å². The summed E-state index contributed by atoms with van der Waals surface area (Å²) in [6.07, 6.45) is 1.74. The Morgan fingerprint density at radius 1 is 0.818 bits per heavy atom. The number of hydrogen-bond acceptors (Lipinski definition) is 5. The third-order valence-electron chi connectivity index (χ3n) is 7.31. The standard InChI is InChI=1S/C35H39N3O5S/c1-4-5-24-36-35(40)28(3)37(25-29-15-13-12-14-27(29)2)34(39)26-38(44(41,42)33-18-10-7-11-19-33)30-20-22-32(23-21-30)43-31-16-8-6-9-17-31/h6-23,28H,4-5,24-26H2,1-3H3,(H,36,40)/t28-/m0/s1. The topological polar surface area (TPSA) is 96.0 Å². The van der Waals surface area contributed by atoms with Crippen molar-refractivity contribution in [3.8, 4) is 11.5 Å².